The maximum absolute atomic E-state index is 11.3. The normalized spacial score (nSPS) is 14.6. The van der Waals surface area contributed by atoms with Crippen LogP contribution in [0.2, 0.25) is 0 Å². The van der Waals surface area contributed by atoms with Gasteiger partial charge in [0.1, 0.15) is 5.54 Å². The van der Waals surface area contributed by atoms with Crippen LogP contribution in [-0.2, 0) is 9.53 Å². The van der Waals surface area contributed by atoms with Crippen LogP contribution >= 0.6 is 11.8 Å². The van der Waals surface area contributed by atoms with Crippen molar-refractivity contribution in [1.82, 2.24) is 5.32 Å². The van der Waals surface area contributed by atoms with Gasteiger partial charge in [0.2, 0.25) is 0 Å². The highest BCUT2D eigenvalue weighted by atomic mass is 32.2. The number of hydrogen-bond donors (Lipinski definition) is 3. The predicted molar refractivity (Wildman–Crippen MR) is 75.7 cm³/mol. The van der Waals surface area contributed by atoms with Gasteiger partial charge in [-0.2, -0.15) is 11.8 Å². The van der Waals surface area contributed by atoms with Crippen molar-refractivity contribution in [3.63, 3.8) is 0 Å². The molecule has 0 aliphatic heterocycles. The number of carbonyl (C=O) groups excluding carboxylic acids is 1. The minimum atomic E-state index is -1.36. The number of nitrogens with two attached hydrogens (primary N) is 1. The Morgan fingerprint density at radius 1 is 1.53 bits per heavy atom. The largest absolute Gasteiger partial charge is 0.479 e. The van der Waals surface area contributed by atoms with Crippen molar-refractivity contribution in [1.29, 1.82) is 0 Å². The van der Waals surface area contributed by atoms with Gasteiger partial charge >= 0.3 is 12.1 Å². The first-order chi connectivity index (χ1) is 8.81. The summed E-state index contributed by atoms with van der Waals surface area (Å²) in [5.41, 5.74) is 4.02. The second-order valence-corrected chi connectivity index (χ2v) is 5.16. The van der Waals surface area contributed by atoms with E-state index in [1.165, 1.54) is 18.7 Å². The Kier molecular flexibility index (Phi) is 7.97. The van der Waals surface area contributed by atoms with Crippen molar-refractivity contribution >= 4 is 29.7 Å². The molecule has 0 aromatic carbocycles. The summed E-state index contributed by atoms with van der Waals surface area (Å²) in [5, 5.41) is 11.5. The minimum absolute atomic E-state index is 0.194. The average molecular weight is 291 g/mol. The number of nitrogens with one attached hydrogen (secondary N) is 1. The lowest BCUT2D eigenvalue weighted by molar-refractivity contribution is -0.142. The lowest BCUT2D eigenvalue weighted by atomic mass is 10.1. The van der Waals surface area contributed by atoms with E-state index in [2.05, 4.69) is 15.0 Å². The number of amides is 1. The Balaban J connectivity index is 4.27. The van der Waals surface area contributed by atoms with Crippen molar-refractivity contribution in [3.8, 4) is 0 Å². The van der Waals surface area contributed by atoms with Crippen LogP contribution < -0.4 is 11.1 Å². The average Bonchev–Trinajstić information content (AvgIpc) is 2.28. The Morgan fingerprint density at radius 2 is 2.16 bits per heavy atom. The van der Waals surface area contributed by atoms with Crippen molar-refractivity contribution in [2.75, 3.05) is 24.7 Å². The third kappa shape index (κ3) is 7.55. The van der Waals surface area contributed by atoms with E-state index >= 15 is 0 Å². The van der Waals surface area contributed by atoms with Crippen LogP contribution in [0, 0.1) is 0 Å². The molecule has 0 rings (SSSR count). The number of ether oxygens (including phenoxy) is 1. The van der Waals surface area contributed by atoms with E-state index < -0.39 is 17.6 Å². The molecule has 0 aromatic rings. The van der Waals surface area contributed by atoms with Crippen molar-refractivity contribution < 1.29 is 19.4 Å². The molecule has 1 amide bonds. The Labute approximate surface area is 117 Å². The molecule has 0 heterocycles. The maximum Gasteiger partial charge on any atom is 0.408 e. The van der Waals surface area contributed by atoms with Gasteiger partial charge in [-0.1, -0.05) is 0 Å². The molecule has 0 radical (unpaired) electrons. The van der Waals surface area contributed by atoms with Crippen LogP contribution in [0.4, 0.5) is 4.79 Å². The van der Waals surface area contributed by atoms with E-state index in [0.717, 1.165) is 0 Å². The van der Waals surface area contributed by atoms with E-state index in [9.17, 15) is 9.59 Å². The molecular weight excluding hydrogens is 270 g/mol. The lowest BCUT2D eigenvalue weighted by Crippen LogP contribution is -2.54. The highest BCUT2D eigenvalue weighted by molar-refractivity contribution is 7.99. The summed E-state index contributed by atoms with van der Waals surface area (Å²) in [6, 6.07) is 0. The number of aliphatic carboxylic acids is 1. The zero-order valence-electron chi connectivity index (χ0n) is 11.4. The fourth-order valence-electron chi connectivity index (χ4n) is 1.11. The number of thioether (sulfide) groups is 1. The summed E-state index contributed by atoms with van der Waals surface area (Å²) in [6.07, 6.45) is -0.733. The molecule has 4 N–H and O–H groups in total. The quantitative estimate of drug-likeness (QED) is 0.344. The molecule has 0 aromatic heterocycles. The maximum atomic E-state index is 11.3. The molecule has 7 nitrogen and oxygen atoms in total. The predicted octanol–water partition coefficient (Wildman–Crippen LogP) is 0.686. The van der Waals surface area contributed by atoms with Crippen LogP contribution in [0.15, 0.2) is 4.99 Å². The Hall–Kier alpha value is -1.44. The number of carboxylic acids is 1. The lowest BCUT2D eigenvalue weighted by Gasteiger charge is -2.25. The van der Waals surface area contributed by atoms with Gasteiger partial charge in [0.15, 0.2) is 0 Å². The molecular formula is C11H21N3O4S. The zero-order chi connectivity index (χ0) is 14.9. The summed E-state index contributed by atoms with van der Waals surface area (Å²) in [5.74, 6) is 0.236. The molecule has 0 spiro atoms. The van der Waals surface area contributed by atoms with Crippen LogP contribution in [0.3, 0.4) is 0 Å². The molecule has 1 atom stereocenters. The van der Waals surface area contributed by atoms with Crippen LogP contribution in [-0.4, -0.2) is 53.2 Å². The molecule has 0 aliphatic carbocycles. The van der Waals surface area contributed by atoms with Crippen molar-refractivity contribution in [3.05, 3.63) is 0 Å². The zero-order valence-corrected chi connectivity index (χ0v) is 12.2. The molecule has 19 heavy (non-hydrogen) atoms. The van der Waals surface area contributed by atoms with Gasteiger partial charge in [-0.25, -0.2) is 9.59 Å². The third-order valence-electron chi connectivity index (χ3n) is 2.11. The summed E-state index contributed by atoms with van der Waals surface area (Å²) >= 11 is 1.38. The fraction of sp³-hybridized carbons (Fsp3) is 0.727. The van der Waals surface area contributed by atoms with Gasteiger partial charge in [-0.15, -0.1) is 0 Å². The van der Waals surface area contributed by atoms with Gasteiger partial charge in [-0.3, -0.25) is 4.99 Å². The smallest absolute Gasteiger partial charge is 0.408 e. The Morgan fingerprint density at radius 3 is 2.63 bits per heavy atom. The molecule has 8 heteroatoms. The molecule has 0 aliphatic rings. The standard InChI is InChI=1S/C11H21N3O4S/c1-4-18-10(17)14-11(3,9(15)16)7-19-6-5-13-8(2)12/h4-7H2,1-3H3,(H2,12,13)(H,14,17)(H,15,16). The second-order valence-electron chi connectivity index (χ2n) is 4.06. The number of carbonyl (C=O) groups is 2. The summed E-state index contributed by atoms with van der Waals surface area (Å²) in [4.78, 5) is 26.5. The van der Waals surface area contributed by atoms with Crippen molar-refractivity contribution in [2.24, 2.45) is 10.7 Å². The number of alkyl carbamates (subject to hydrolysis) is 1. The molecule has 1 unspecified atom stereocenters. The number of rotatable bonds is 8. The number of carboxylic acid groups (broad SMARTS) is 1. The van der Waals surface area contributed by atoms with Gasteiger partial charge in [-0.05, 0) is 20.8 Å². The minimum Gasteiger partial charge on any atom is -0.479 e. The topological polar surface area (TPSA) is 114 Å². The van der Waals surface area contributed by atoms with E-state index in [1.54, 1.807) is 13.8 Å². The second kappa shape index (κ2) is 8.63. The van der Waals surface area contributed by atoms with Crippen LogP contribution in [0.5, 0.6) is 0 Å². The van der Waals surface area contributed by atoms with Gasteiger partial charge in [0, 0.05) is 18.1 Å². The van der Waals surface area contributed by atoms with E-state index in [4.69, 9.17) is 10.8 Å². The summed E-state index contributed by atoms with van der Waals surface area (Å²) < 4.78 is 4.69. The molecule has 0 bridgehead atoms. The van der Waals surface area contributed by atoms with Gasteiger partial charge in [0.05, 0.1) is 12.4 Å². The summed E-state index contributed by atoms with van der Waals surface area (Å²) in [6.45, 7) is 5.49. The summed E-state index contributed by atoms with van der Waals surface area (Å²) in [7, 11) is 0. The first kappa shape index (κ1) is 17.6. The van der Waals surface area contributed by atoms with Gasteiger partial charge in [0.25, 0.3) is 0 Å². The van der Waals surface area contributed by atoms with Crippen LogP contribution in [0.25, 0.3) is 0 Å². The van der Waals surface area contributed by atoms with Crippen molar-refractivity contribution in [2.45, 2.75) is 26.3 Å². The first-order valence-electron chi connectivity index (χ1n) is 5.84. The van der Waals surface area contributed by atoms with Gasteiger partial charge < -0.3 is 20.9 Å². The molecule has 0 fully saturated rings. The van der Waals surface area contributed by atoms with Crippen LogP contribution in [0.1, 0.15) is 20.8 Å². The number of aliphatic imine (C=N–C) groups is 1. The molecule has 0 saturated carbocycles. The third-order valence-corrected chi connectivity index (χ3v) is 3.37. The molecule has 110 valence electrons. The number of amidine groups is 1. The molecule has 0 saturated heterocycles. The highest BCUT2D eigenvalue weighted by Gasteiger charge is 2.35. The fourth-order valence-corrected chi connectivity index (χ4v) is 2.08. The van der Waals surface area contributed by atoms with E-state index in [-0.39, 0.29) is 12.4 Å². The van der Waals surface area contributed by atoms with E-state index in [0.29, 0.717) is 18.1 Å². The monoisotopic (exact) mass is 291 g/mol. The first-order valence-corrected chi connectivity index (χ1v) is 7.00. The number of nitrogens with zero attached hydrogens (tertiary/aromatic N) is 1. The SMILES string of the molecule is CCOC(=O)NC(C)(CSCCN=C(C)N)C(=O)O. The highest BCUT2D eigenvalue weighted by Crippen LogP contribution is 2.14. The number of hydrogen-bond acceptors (Lipinski definition) is 5. The Bertz CT molecular complexity index is 345. The van der Waals surface area contributed by atoms with E-state index in [1.807, 2.05) is 0 Å².